The Balaban J connectivity index is 2.91. The fourth-order valence-electron chi connectivity index (χ4n) is 1.52. The van der Waals surface area contributed by atoms with Gasteiger partial charge in [0.05, 0.1) is 12.3 Å². The molecule has 16 heavy (non-hydrogen) atoms. The van der Waals surface area contributed by atoms with E-state index in [-0.39, 0.29) is 5.41 Å². The standard InChI is InChI=1S/C12H22N2OS/c1-6-15-8-10-14-11(12(2,3)4)9(16-10)7-13-5/h13H,6-8H2,1-5H3. The van der Waals surface area contributed by atoms with Gasteiger partial charge in [-0.15, -0.1) is 11.3 Å². The molecule has 0 fully saturated rings. The first-order chi connectivity index (χ1) is 7.49. The number of hydrogen-bond donors (Lipinski definition) is 1. The van der Waals surface area contributed by atoms with Gasteiger partial charge in [-0.25, -0.2) is 4.98 Å². The fourth-order valence-corrected chi connectivity index (χ4v) is 2.75. The summed E-state index contributed by atoms with van der Waals surface area (Å²) in [5.74, 6) is 0. The van der Waals surface area contributed by atoms with Crippen molar-refractivity contribution in [2.45, 2.75) is 46.3 Å². The molecular formula is C12H22N2OS. The normalized spacial score (nSPS) is 12.1. The molecule has 0 aliphatic rings. The molecule has 0 saturated heterocycles. The summed E-state index contributed by atoms with van der Waals surface area (Å²) >= 11 is 1.75. The molecule has 1 rings (SSSR count). The van der Waals surface area contributed by atoms with Crippen molar-refractivity contribution in [2.75, 3.05) is 13.7 Å². The number of nitrogens with zero attached hydrogens (tertiary/aromatic N) is 1. The number of aromatic nitrogens is 1. The zero-order valence-corrected chi connectivity index (χ0v) is 11.7. The van der Waals surface area contributed by atoms with Crippen LogP contribution in [0.5, 0.6) is 0 Å². The summed E-state index contributed by atoms with van der Waals surface area (Å²) in [6.45, 7) is 10.9. The lowest BCUT2D eigenvalue weighted by molar-refractivity contribution is 0.133. The topological polar surface area (TPSA) is 34.1 Å². The largest absolute Gasteiger partial charge is 0.375 e. The Morgan fingerprint density at radius 1 is 1.38 bits per heavy atom. The Labute approximate surface area is 102 Å². The Bertz CT molecular complexity index is 328. The fraction of sp³-hybridized carbons (Fsp3) is 0.750. The maximum atomic E-state index is 5.41. The Morgan fingerprint density at radius 2 is 2.06 bits per heavy atom. The second-order valence-electron chi connectivity index (χ2n) is 4.80. The molecule has 0 atom stereocenters. The van der Waals surface area contributed by atoms with Gasteiger partial charge in [0.25, 0.3) is 0 Å². The molecule has 4 heteroatoms. The lowest BCUT2D eigenvalue weighted by Gasteiger charge is -2.17. The minimum atomic E-state index is 0.104. The van der Waals surface area contributed by atoms with E-state index >= 15 is 0 Å². The minimum Gasteiger partial charge on any atom is -0.375 e. The molecule has 0 unspecified atom stereocenters. The first-order valence-corrected chi connectivity index (χ1v) is 6.52. The van der Waals surface area contributed by atoms with E-state index in [1.165, 1.54) is 10.6 Å². The van der Waals surface area contributed by atoms with Crippen molar-refractivity contribution < 1.29 is 4.74 Å². The molecule has 0 bridgehead atoms. The van der Waals surface area contributed by atoms with Gasteiger partial charge in [0.15, 0.2) is 0 Å². The van der Waals surface area contributed by atoms with Crippen LogP contribution in [0.4, 0.5) is 0 Å². The third kappa shape index (κ3) is 3.54. The van der Waals surface area contributed by atoms with Crippen molar-refractivity contribution >= 4 is 11.3 Å². The zero-order chi connectivity index (χ0) is 12.2. The maximum Gasteiger partial charge on any atom is 0.119 e. The molecule has 92 valence electrons. The summed E-state index contributed by atoms with van der Waals surface area (Å²) in [5.41, 5.74) is 1.30. The molecule has 0 aromatic carbocycles. The van der Waals surface area contributed by atoms with Crippen LogP contribution in [0.2, 0.25) is 0 Å². The summed E-state index contributed by atoms with van der Waals surface area (Å²) in [5, 5.41) is 4.28. The number of rotatable bonds is 5. The molecule has 1 aromatic rings. The lowest BCUT2D eigenvalue weighted by atomic mass is 9.91. The molecule has 0 aliphatic carbocycles. The van der Waals surface area contributed by atoms with Gasteiger partial charge in [0.2, 0.25) is 0 Å². The van der Waals surface area contributed by atoms with Crippen LogP contribution in [-0.2, 0) is 23.3 Å². The molecular weight excluding hydrogens is 220 g/mol. The Kier molecular flexibility index (Phi) is 4.89. The van der Waals surface area contributed by atoms with E-state index in [4.69, 9.17) is 9.72 Å². The van der Waals surface area contributed by atoms with E-state index in [9.17, 15) is 0 Å². The highest BCUT2D eigenvalue weighted by Crippen LogP contribution is 2.29. The van der Waals surface area contributed by atoms with Crippen LogP contribution in [0.25, 0.3) is 0 Å². The molecule has 0 radical (unpaired) electrons. The van der Waals surface area contributed by atoms with Gasteiger partial charge < -0.3 is 10.1 Å². The van der Waals surface area contributed by atoms with Gasteiger partial charge in [-0.2, -0.15) is 0 Å². The average Bonchev–Trinajstić information content (AvgIpc) is 2.58. The molecule has 0 aliphatic heterocycles. The van der Waals surface area contributed by atoms with Crippen LogP contribution >= 0.6 is 11.3 Å². The molecule has 1 heterocycles. The summed E-state index contributed by atoms with van der Waals surface area (Å²) in [4.78, 5) is 6.01. The van der Waals surface area contributed by atoms with Crippen LogP contribution < -0.4 is 5.32 Å². The monoisotopic (exact) mass is 242 g/mol. The summed E-state index contributed by atoms with van der Waals surface area (Å²) in [7, 11) is 1.97. The number of ether oxygens (including phenoxy) is 1. The second kappa shape index (κ2) is 5.75. The first-order valence-electron chi connectivity index (χ1n) is 5.70. The Morgan fingerprint density at radius 3 is 2.56 bits per heavy atom. The van der Waals surface area contributed by atoms with Crippen LogP contribution in [0.1, 0.15) is 43.3 Å². The SMILES string of the molecule is CCOCc1nc(C(C)(C)C)c(CNC)s1. The van der Waals surface area contributed by atoms with E-state index in [1.54, 1.807) is 11.3 Å². The van der Waals surface area contributed by atoms with Crippen LogP contribution in [0.3, 0.4) is 0 Å². The molecule has 1 N–H and O–H groups in total. The van der Waals surface area contributed by atoms with Crippen LogP contribution in [0.15, 0.2) is 0 Å². The summed E-state index contributed by atoms with van der Waals surface area (Å²) in [6, 6.07) is 0. The van der Waals surface area contributed by atoms with Gasteiger partial charge in [-0.3, -0.25) is 0 Å². The molecule has 0 amide bonds. The quantitative estimate of drug-likeness (QED) is 0.862. The highest BCUT2D eigenvalue weighted by molar-refractivity contribution is 7.11. The summed E-state index contributed by atoms with van der Waals surface area (Å²) in [6.07, 6.45) is 0. The van der Waals surface area contributed by atoms with Gasteiger partial charge in [-0.05, 0) is 14.0 Å². The van der Waals surface area contributed by atoms with E-state index in [1.807, 2.05) is 14.0 Å². The predicted molar refractivity (Wildman–Crippen MR) is 68.9 cm³/mol. The van der Waals surface area contributed by atoms with E-state index in [0.717, 1.165) is 18.2 Å². The van der Waals surface area contributed by atoms with Crippen molar-refractivity contribution in [1.82, 2.24) is 10.3 Å². The lowest BCUT2D eigenvalue weighted by Crippen LogP contribution is -2.16. The maximum absolute atomic E-state index is 5.41. The van der Waals surface area contributed by atoms with E-state index in [0.29, 0.717) is 6.61 Å². The van der Waals surface area contributed by atoms with Crippen molar-refractivity contribution in [1.29, 1.82) is 0 Å². The van der Waals surface area contributed by atoms with Gasteiger partial charge in [0, 0.05) is 23.4 Å². The van der Waals surface area contributed by atoms with Crippen LogP contribution in [0, 0.1) is 0 Å². The van der Waals surface area contributed by atoms with Gasteiger partial charge >= 0.3 is 0 Å². The molecule has 0 spiro atoms. The minimum absolute atomic E-state index is 0.104. The highest BCUT2D eigenvalue weighted by Gasteiger charge is 2.22. The highest BCUT2D eigenvalue weighted by atomic mass is 32.1. The second-order valence-corrected chi connectivity index (χ2v) is 5.97. The van der Waals surface area contributed by atoms with Crippen molar-refractivity contribution in [3.8, 4) is 0 Å². The smallest absolute Gasteiger partial charge is 0.119 e. The van der Waals surface area contributed by atoms with E-state index < -0.39 is 0 Å². The van der Waals surface area contributed by atoms with Gasteiger partial charge in [-0.1, -0.05) is 20.8 Å². The third-order valence-electron chi connectivity index (χ3n) is 2.22. The summed E-state index contributed by atoms with van der Waals surface area (Å²) < 4.78 is 5.41. The van der Waals surface area contributed by atoms with E-state index in [2.05, 4.69) is 26.1 Å². The molecule has 0 saturated carbocycles. The van der Waals surface area contributed by atoms with Crippen molar-refractivity contribution in [3.05, 3.63) is 15.6 Å². The van der Waals surface area contributed by atoms with Gasteiger partial charge in [0.1, 0.15) is 5.01 Å². The predicted octanol–water partition coefficient (Wildman–Crippen LogP) is 2.70. The van der Waals surface area contributed by atoms with Crippen LogP contribution in [-0.4, -0.2) is 18.6 Å². The number of hydrogen-bond acceptors (Lipinski definition) is 4. The number of nitrogens with one attached hydrogen (secondary N) is 1. The first kappa shape index (κ1) is 13.6. The molecule has 3 nitrogen and oxygen atoms in total. The number of thiazole rings is 1. The average molecular weight is 242 g/mol. The van der Waals surface area contributed by atoms with Crippen molar-refractivity contribution in [3.63, 3.8) is 0 Å². The Hall–Kier alpha value is -0.450. The zero-order valence-electron chi connectivity index (χ0n) is 10.9. The third-order valence-corrected chi connectivity index (χ3v) is 3.25. The molecule has 1 aromatic heterocycles. The van der Waals surface area contributed by atoms with Crippen molar-refractivity contribution in [2.24, 2.45) is 0 Å².